The van der Waals surface area contributed by atoms with Crippen molar-refractivity contribution in [2.75, 3.05) is 11.5 Å². The van der Waals surface area contributed by atoms with Crippen LogP contribution in [0.1, 0.15) is 30.5 Å². The molecule has 3 aromatic carbocycles. The fraction of sp³-hybridized carbons (Fsp3) is 0.148. The second-order valence-corrected chi connectivity index (χ2v) is 9.65. The number of halogens is 2. The minimum atomic E-state index is -0.952. The van der Waals surface area contributed by atoms with Gasteiger partial charge in [-0.15, -0.1) is 0 Å². The lowest BCUT2D eigenvalue weighted by Crippen LogP contribution is -2.29. The summed E-state index contributed by atoms with van der Waals surface area (Å²) in [6, 6.07) is 16.3. The van der Waals surface area contributed by atoms with E-state index in [2.05, 4.69) is 4.98 Å². The Labute approximate surface area is 215 Å². The Bertz CT molecular complexity index is 1500. The number of hydrogen-bond acceptors (Lipinski definition) is 6. The van der Waals surface area contributed by atoms with Crippen LogP contribution in [0.2, 0.25) is 5.02 Å². The Morgan fingerprint density at radius 3 is 2.53 bits per heavy atom. The van der Waals surface area contributed by atoms with Crippen LogP contribution in [0.15, 0.2) is 72.3 Å². The number of carbonyl (C=O) groups is 2. The second-order valence-electron chi connectivity index (χ2n) is 8.20. The van der Waals surface area contributed by atoms with Gasteiger partial charge in [0.2, 0.25) is 0 Å². The maximum atomic E-state index is 13.5. The average Bonchev–Trinajstić information content (AvgIpc) is 3.40. The maximum absolute atomic E-state index is 13.5. The number of rotatable bonds is 6. The number of nitrogens with zero attached hydrogens (tertiary/aromatic N) is 2. The summed E-state index contributed by atoms with van der Waals surface area (Å²) in [6.45, 7) is 2.55. The van der Waals surface area contributed by atoms with E-state index >= 15 is 0 Å². The molecule has 1 saturated heterocycles. The number of hydrogen-bond donors (Lipinski definition) is 1. The van der Waals surface area contributed by atoms with Crippen molar-refractivity contribution in [2.24, 2.45) is 0 Å². The van der Waals surface area contributed by atoms with E-state index in [4.69, 9.17) is 16.3 Å². The Balaban J connectivity index is 1.67. The van der Waals surface area contributed by atoms with E-state index in [0.717, 1.165) is 11.1 Å². The van der Waals surface area contributed by atoms with Gasteiger partial charge in [0, 0.05) is 10.6 Å². The smallest absolute Gasteiger partial charge is 0.301 e. The Hall–Kier alpha value is -3.75. The molecule has 1 N–H and O–H groups in total. The molecule has 6 nitrogen and oxygen atoms in total. The molecular weight excluding hydrogens is 503 g/mol. The zero-order chi connectivity index (χ0) is 25.4. The van der Waals surface area contributed by atoms with Gasteiger partial charge in [0.15, 0.2) is 5.13 Å². The lowest BCUT2D eigenvalue weighted by Gasteiger charge is -2.23. The number of aliphatic hydroxyl groups is 1. The van der Waals surface area contributed by atoms with E-state index in [9.17, 15) is 19.1 Å². The van der Waals surface area contributed by atoms with Crippen LogP contribution >= 0.6 is 22.9 Å². The first-order valence-electron chi connectivity index (χ1n) is 11.2. The third-order valence-electron chi connectivity index (χ3n) is 5.78. The molecule has 1 fully saturated rings. The van der Waals surface area contributed by atoms with Crippen molar-refractivity contribution >= 4 is 55.7 Å². The van der Waals surface area contributed by atoms with Gasteiger partial charge in [-0.1, -0.05) is 42.0 Å². The number of aliphatic hydroxyl groups excluding tert-OH is 1. The molecule has 1 amide bonds. The van der Waals surface area contributed by atoms with Gasteiger partial charge in [-0.2, -0.15) is 0 Å². The van der Waals surface area contributed by atoms with Crippen molar-refractivity contribution in [3.8, 4) is 5.75 Å². The van der Waals surface area contributed by atoms with E-state index in [-0.39, 0.29) is 11.1 Å². The molecule has 0 bridgehead atoms. The minimum Gasteiger partial charge on any atom is -0.507 e. The topological polar surface area (TPSA) is 79.7 Å². The van der Waals surface area contributed by atoms with Crippen LogP contribution in [0.3, 0.4) is 0 Å². The van der Waals surface area contributed by atoms with Gasteiger partial charge in [-0.3, -0.25) is 14.5 Å². The highest BCUT2D eigenvalue weighted by Crippen LogP contribution is 2.44. The Kier molecular flexibility index (Phi) is 6.47. The summed E-state index contributed by atoms with van der Waals surface area (Å²) < 4.78 is 19.9. The molecule has 5 rings (SSSR count). The van der Waals surface area contributed by atoms with Gasteiger partial charge in [0.25, 0.3) is 5.78 Å². The number of benzene rings is 3. The summed E-state index contributed by atoms with van der Waals surface area (Å²) in [5.41, 5.74) is 1.32. The van der Waals surface area contributed by atoms with Crippen LogP contribution in [-0.2, 0) is 9.59 Å². The lowest BCUT2D eigenvalue weighted by molar-refractivity contribution is -0.132. The lowest BCUT2D eigenvalue weighted by atomic mass is 9.95. The van der Waals surface area contributed by atoms with Crippen molar-refractivity contribution < 1.29 is 23.8 Å². The number of carbonyl (C=O) groups excluding carboxylic acids is 2. The number of Topliss-reactive ketones (excluding diaryl/α,β-unsaturated/α-hetero) is 1. The van der Waals surface area contributed by atoms with E-state index < -0.39 is 29.3 Å². The third-order valence-corrected chi connectivity index (χ3v) is 7.03. The van der Waals surface area contributed by atoms with Crippen LogP contribution in [-0.4, -0.2) is 28.4 Å². The standard InChI is InChI=1S/C27H20ClFN2O4S/c1-2-13-35-19-10-5-15(6-11-19)23-22(24(32)16-3-8-18(29)9-4-16)25(33)26(34)31(23)27-30-20-12-7-17(28)14-21(20)36-27/h3-12,14,23,32H,2,13H2,1H3. The number of ketones is 1. The molecule has 1 atom stereocenters. The third kappa shape index (κ3) is 4.34. The predicted molar refractivity (Wildman–Crippen MR) is 138 cm³/mol. The highest BCUT2D eigenvalue weighted by Gasteiger charge is 2.48. The first-order chi connectivity index (χ1) is 17.4. The van der Waals surface area contributed by atoms with Crippen molar-refractivity contribution in [1.82, 2.24) is 4.98 Å². The van der Waals surface area contributed by atoms with Crippen molar-refractivity contribution in [3.63, 3.8) is 0 Å². The molecule has 2 heterocycles. The summed E-state index contributed by atoms with van der Waals surface area (Å²) in [5.74, 6) is -1.91. The first-order valence-corrected chi connectivity index (χ1v) is 12.4. The molecule has 9 heteroatoms. The monoisotopic (exact) mass is 522 g/mol. The zero-order valence-electron chi connectivity index (χ0n) is 19.1. The van der Waals surface area contributed by atoms with Crippen molar-refractivity contribution in [1.29, 1.82) is 0 Å². The molecule has 0 radical (unpaired) electrons. The first kappa shape index (κ1) is 24.0. The van der Waals surface area contributed by atoms with Gasteiger partial charge in [-0.25, -0.2) is 9.37 Å². The van der Waals surface area contributed by atoms with Gasteiger partial charge in [0.1, 0.15) is 17.3 Å². The molecule has 36 heavy (non-hydrogen) atoms. The second kappa shape index (κ2) is 9.72. The van der Waals surface area contributed by atoms with Crippen LogP contribution in [0.4, 0.5) is 9.52 Å². The average molecular weight is 523 g/mol. The molecule has 182 valence electrons. The van der Waals surface area contributed by atoms with Crippen molar-refractivity contribution in [2.45, 2.75) is 19.4 Å². The molecule has 1 aliphatic rings. The molecule has 0 saturated carbocycles. The SMILES string of the molecule is CCCOc1ccc(C2C(=C(O)c3ccc(F)cc3)C(=O)C(=O)N2c2nc3ccc(Cl)cc3s2)cc1. The number of anilines is 1. The van der Waals surface area contributed by atoms with Crippen LogP contribution in [0.5, 0.6) is 5.75 Å². The van der Waals surface area contributed by atoms with E-state index in [1.165, 1.54) is 40.5 Å². The number of thiazole rings is 1. The quantitative estimate of drug-likeness (QED) is 0.177. The highest BCUT2D eigenvalue weighted by atomic mass is 35.5. The molecule has 1 unspecified atom stereocenters. The summed E-state index contributed by atoms with van der Waals surface area (Å²) >= 11 is 7.34. The van der Waals surface area contributed by atoms with Gasteiger partial charge < -0.3 is 9.84 Å². The predicted octanol–water partition coefficient (Wildman–Crippen LogP) is 6.50. The summed E-state index contributed by atoms with van der Waals surface area (Å²) in [4.78, 5) is 32.5. The number of amides is 1. The number of fused-ring (bicyclic) bond motifs is 1. The molecular formula is C27H20ClFN2O4S. The van der Waals surface area contributed by atoms with E-state index in [1.807, 2.05) is 6.92 Å². The van der Waals surface area contributed by atoms with Gasteiger partial charge >= 0.3 is 5.91 Å². The number of aromatic nitrogens is 1. The summed E-state index contributed by atoms with van der Waals surface area (Å²) in [5, 5.41) is 12.0. The minimum absolute atomic E-state index is 0.105. The Morgan fingerprint density at radius 1 is 1.11 bits per heavy atom. The van der Waals surface area contributed by atoms with E-state index in [1.54, 1.807) is 42.5 Å². The van der Waals surface area contributed by atoms with Gasteiger partial charge in [0.05, 0.1) is 28.4 Å². The fourth-order valence-corrected chi connectivity index (χ4v) is 5.33. The fourth-order valence-electron chi connectivity index (χ4n) is 4.06. The van der Waals surface area contributed by atoms with Crippen LogP contribution < -0.4 is 9.64 Å². The van der Waals surface area contributed by atoms with Crippen LogP contribution in [0, 0.1) is 5.82 Å². The van der Waals surface area contributed by atoms with Gasteiger partial charge in [-0.05, 0) is 66.6 Å². The molecule has 0 aliphatic carbocycles. The molecule has 1 aliphatic heterocycles. The van der Waals surface area contributed by atoms with Crippen molar-refractivity contribution in [3.05, 3.63) is 94.3 Å². The largest absolute Gasteiger partial charge is 0.507 e. The summed E-state index contributed by atoms with van der Waals surface area (Å²) in [6.07, 6.45) is 0.848. The molecule has 1 aromatic heterocycles. The zero-order valence-corrected chi connectivity index (χ0v) is 20.6. The Morgan fingerprint density at radius 2 is 1.83 bits per heavy atom. The van der Waals surface area contributed by atoms with Crippen LogP contribution in [0.25, 0.3) is 16.0 Å². The summed E-state index contributed by atoms with van der Waals surface area (Å²) in [7, 11) is 0. The normalized spacial score (nSPS) is 17.2. The maximum Gasteiger partial charge on any atom is 0.301 e. The molecule has 4 aromatic rings. The van der Waals surface area contributed by atoms with E-state index in [0.29, 0.717) is 33.6 Å². The number of ether oxygens (including phenoxy) is 1. The molecule has 0 spiro atoms. The highest BCUT2D eigenvalue weighted by molar-refractivity contribution is 7.22.